The maximum absolute atomic E-state index is 6.45. The second kappa shape index (κ2) is 14.4. The van der Waals surface area contributed by atoms with Crippen LogP contribution in [0.2, 0.25) is 0 Å². The van der Waals surface area contributed by atoms with Crippen molar-refractivity contribution in [2.45, 2.75) is 0 Å². The first-order valence-electron chi connectivity index (χ1n) is 19.1. The number of para-hydroxylation sites is 1. The van der Waals surface area contributed by atoms with Crippen LogP contribution in [0.4, 0.5) is 17.1 Å². The average Bonchev–Trinajstić information content (AvgIpc) is 3.72. The molecule has 9 aromatic carbocycles. The lowest BCUT2D eigenvalue weighted by Crippen LogP contribution is -2.10. The number of fused-ring (bicyclic) bond motifs is 2. The van der Waals surface area contributed by atoms with Crippen LogP contribution in [0, 0.1) is 0 Å². The van der Waals surface area contributed by atoms with Crippen molar-refractivity contribution in [3.8, 4) is 55.8 Å². The highest BCUT2D eigenvalue weighted by Crippen LogP contribution is 2.41. The Morgan fingerprint density at radius 1 is 0.286 bits per heavy atom. The van der Waals surface area contributed by atoms with Gasteiger partial charge in [0.15, 0.2) is 0 Å². The number of furan rings is 1. The van der Waals surface area contributed by atoms with Crippen LogP contribution in [-0.2, 0) is 0 Å². The fourth-order valence-corrected chi connectivity index (χ4v) is 7.88. The molecule has 10 rings (SSSR count). The molecule has 0 saturated heterocycles. The van der Waals surface area contributed by atoms with Crippen molar-refractivity contribution < 1.29 is 4.42 Å². The zero-order valence-corrected chi connectivity index (χ0v) is 30.7. The lowest BCUT2D eigenvalue weighted by molar-refractivity contribution is 0.632. The third-order valence-electron chi connectivity index (χ3n) is 10.7. The van der Waals surface area contributed by atoms with Crippen molar-refractivity contribution in [2.24, 2.45) is 0 Å². The van der Waals surface area contributed by atoms with E-state index in [1.54, 1.807) is 0 Å². The van der Waals surface area contributed by atoms with Gasteiger partial charge >= 0.3 is 0 Å². The van der Waals surface area contributed by atoms with E-state index in [9.17, 15) is 0 Å². The van der Waals surface area contributed by atoms with Crippen molar-refractivity contribution >= 4 is 38.8 Å². The fraction of sp³-hybridized carbons (Fsp3) is 0. The maximum Gasteiger partial charge on any atom is 0.136 e. The predicted octanol–water partition coefficient (Wildman–Crippen LogP) is 15.4. The van der Waals surface area contributed by atoms with E-state index < -0.39 is 0 Å². The Hall–Kier alpha value is -7.42. The van der Waals surface area contributed by atoms with Crippen molar-refractivity contribution in [3.63, 3.8) is 0 Å². The highest BCUT2D eigenvalue weighted by atomic mass is 16.3. The molecule has 1 aromatic heterocycles. The smallest absolute Gasteiger partial charge is 0.136 e. The van der Waals surface area contributed by atoms with Crippen molar-refractivity contribution in [1.29, 1.82) is 0 Å². The fourth-order valence-electron chi connectivity index (χ4n) is 7.88. The number of anilines is 3. The van der Waals surface area contributed by atoms with Crippen molar-refractivity contribution in [1.82, 2.24) is 0 Å². The molecule has 1 heterocycles. The molecule has 0 radical (unpaired) electrons. The van der Waals surface area contributed by atoms with Gasteiger partial charge < -0.3 is 9.32 Å². The molecule has 0 unspecified atom stereocenters. The highest BCUT2D eigenvalue weighted by Gasteiger charge is 2.17. The van der Waals surface area contributed by atoms with E-state index >= 15 is 0 Å². The van der Waals surface area contributed by atoms with Gasteiger partial charge in [-0.1, -0.05) is 170 Å². The van der Waals surface area contributed by atoms with E-state index in [2.05, 4.69) is 217 Å². The molecular weight excluding hydrogens is 679 g/mol. The van der Waals surface area contributed by atoms with Crippen LogP contribution >= 0.6 is 0 Å². The molecule has 0 N–H and O–H groups in total. The molecule has 2 nitrogen and oxygen atoms in total. The number of rotatable bonds is 8. The minimum Gasteiger partial charge on any atom is -0.456 e. The quantitative estimate of drug-likeness (QED) is 0.156. The minimum absolute atomic E-state index is 0.861. The Balaban J connectivity index is 1.05. The zero-order valence-electron chi connectivity index (χ0n) is 30.7. The Kier molecular flexibility index (Phi) is 8.55. The van der Waals surface area contributed by atoms with Crippen molar-refractivity contribution in [2.75, 3.05) is 4.90 Å². The maximum atomic E-state index is 6.45. The second-order valence-corrected chi connectivity index (χ2v) is 14.1. The first-order chi connectivity index (χ1) is 27.7. The minimum atomic E-state index is 0.861. The SMILES string of the molecule is c1ccc(-c2cccc(N(c3ccc(-c4ccc(-c5ccccc5)c(-c5cc6ccccc6o5)c4)cc3)c3ccc(-c4cccc5ccccc45)cc3)c2)cc1. The standard InChI is InChI=1S/C54H37NO/c1-3-13-38(14-4-1)43-20-11-21-48(35-43)55(47-32-27-42(28-33-47)50-23-12-19-41-17-7-9-22-49(41)50)46-30-25-39(26-31-46)44-29-34-51(40-15-5-2-6-16-40)52(36-44)54-37-45-18-8-10-24-53(45)56-54/h1-37H. The average molecular weight is 716 g/mol. The highest BCUT2D eigenvalue weighted by molar-refractivity contribution is 5.97. The first-order valence-corrected chi connectivity index (χ1v) is 19.1. The van der Waals surface area contributed by atoms with Gasteiger partial charge in [-0.15, -0.1) is 0 Å². The summed E-state index contributed by atoms with van der Waals surface area (Å²) in [6, 6.07) is 80.0. The summed E-state index contributed by atoms with van der Waals surface area (Å²) in [4.78, 5) is 2.35. The summed E-state index contributed by atoms with van der Waals surface area (Å²) in [6.07, 6.45) is 0. The Morgan fingerprint density at radius 2 is 0.821 bits per heavy atom. The molecule has 2 heteroatoms. The Bertz CT molecular complexity index is 2910. The summed E-state index contributed by atoms with van der Waals surface area (Å²) in [5.41, 5.74) is 14.6. The van der Waals surface area contributed by atoms with Crippen LogP contribution in [0.1, 0.15) is 0 Å². The van der Waals surface area contributed by atoms with Gasteiger partial charge in [0.2, 0.25) is 0 Å². The van der Waals surface area contributed by atoms with E-state index in [1.165, 1.54) is 33.0 Å². The molecule has 0 spiro atoms. The largest absolute Gasteiger partial charge is 0.456 e. The molecular formula is C54H37NO. The molecule has 0 fully saturated rings. The zero-order chi connectivity index (χ0) is 37.3. The third kappa shape index (κ3) is 6.34. The van der Waals surface area contributed by atoms with Gasteiger partial charge in [-0.2, -0.15) is 0 Å². The van der Waals surface area contributed by atoms with E-state index in [0.717, 1.165) is 61.6 Å². The number of hydrogen-bond donors (Lipinski definition) is 0. The molecule has 10 aromatic rings. The molecule has 0 bridgehead atoms. The van der Waals surface area contributed by atoms with E-state index in [0.29, 0.717) is 0 Å². The summed E-state index contributed by atoms with van der Waals surface area (Å²) >= 11 is 0. The van der Waals surface area contributed by atoms with Gasteiger partial charge in [-0.25, -0.2) is 0 Å². The molecule has 0 aliphatic rings. The summed E-state index contributed by atoms with van der Waals surface area (Å²) in [7, 11) is 0. The van der Waals surface area contributed by atoms with Gasteiger partial charge in [0.1, 0.15) is 11.3 Å². The lowest BCUT2D eigenvalue weighted by atomic mass is 9.93. The number of nitrogens with zero attached hydrogens (tertiary/aromatic N) is 1. The Labute approximate surface area is 327 Å². The summed E-state index contributed by atoms with van der Waals surface area (Å²) in [5, 5.41) is 3.59. The topological polar surface area (TPSA) is 16.4 Å². The van der Waals surface area contributed by atoms with Gasteiger partial charge in [0, 0.05) is 28.0 Å². The molecule has 0 aliphatic heterocycles. The number of hydrogen-bond acceptors (Lipinski definition) is 2. The summed E-state index contributed by atoms with van der Waals surface area (Å²) in [6.45, 7) is 0. The molecule has 0 saturated carbocycles. The molecule has 56 heavy (non-hydrogen) atoms. The lowest BCUT2D eigenvalue weighted by Gasteiger charge is -2.26. The molecule has 0 aliphatic carbocycles. The summed E-state index contributed by atoms with van der Waals surface area (Å²) < 4.78 is 6.45. The van der Waals surface area contributed by atoms with Gasteiger partial charge in [0.05, 0.1) is 0 Å². The molecule has 264 valence electrons. The van der Waals surface area contributed by atoms with Gasteiger partial charge in [-0.3, -0.25) is 0 Å². The van der Waals surface area contributed by atoms with Gasteiger partial charge in [-0.05, 0) is 110 Å². The monoisotopic (exact) mass is 715 g/mol. The van der Waals surface area contributed by atoms with Crippen LogP contribution in [0.25, 0.3) is 77.6 Å². The number of benzene rings is 9. The van der Waals surface area contributed by atoms with E-state index in [1.807, 2.05) is 12.1 Å². The van der Waals surface area contributed by atoms with Crippen LogP contribution in [0.3, 0.4) is 0 Å². The van der Waals surface area contributed by atoms with Gasteiger partial charge in [0.25, 0.3) is 0 Å². The molecule has 0 atom stereocenters. The Morgan fingerprint density at radius 3 is 1.57 bits per heavy atom. The van der Waals surface area contributed by atoms with Crippen molar-refractivity contribution in [3.05, 3.63) is 224 Å². The first kappa shape index (κ1) is 33.2. The van der Waals surface area contributed by atoms with Crippen LogP contribution in [0.15, 0.2) is 229 Å². The predicted molar refractivity (Wildman–Crippen MR) is 236 cm³/mol. The second-order valence-electron chi connectivity index (χ2n) is 14.1. The third-order valence-corrected chi connectivity index (χ3v) is 10.7. The normalized spacial score (nSPS) is 11.2. The van der Waals surface area contributed by atoms with Crippen LogP contribution < -0.4 is 4.90 Å². The van der Waals surface area contributed by atoms with Crippen LogP contribution in [-0.4, -0.2) is 0 Å². The van der Waals surface area contributed by atoms with E-state index in [-0.39, 0.29) is 0 Å². The summed E-state index contributed by atoms with van der Waals surface area (Å²) in [5.74, 6) is 0.861. The van der Waals surface area contributed by atoms with E-state index in [4.69, 9.17) is 4.42 Å². The van der Waals surface area contributed by atoms with Crippen LogP contribution in [0.5, 0.6) is 0 Å². The molecule has 0 amide bonds.